The van der Waals surface area contributed by atoms with Gasteiger partial charge >= 0.3 is 0 Å². The molecule has 4 heteroatoms. The van der Waals surface area contributed by atoms with Crippen molar-refractivity contribution < 1.29 is 0 Å². The molecule has 86 valence electrons. The van der Waals surface area contributed by atoms with Gasteiger partial charge in [0, 0.05) is 12.6 Å². The Morgan fingerprint density at radius 1 is 1.60 bits per heavy atom. The Bertz CT molecular complexity index is 296. The van der Waals surface area contributed by atoms with Crippen molar-refractivity contribution in [3.8, 4) is 0 Å². The molecule has 1 N–H and O–H groups in total. The number of hydrogen-bond acceptors (Lipinski definition) is 2. The van der Waals surface area contributed by atoms with Crippen LogP contribution in [-0.2, 0) is 6.54 Å². The van der Waals surface area contributed by atoms with Gasteiger partial charge in [-0.25, -0.2) is 0 Å². The molecule has 0 radical (unpaired) electrons. The largest absolute Gasteiger partial charge is 0.312 e. The summed E-state index contributed by atoms with van der Waals surface area (Å²) in [5.74, 6) is 0. The molecule has 0 amide bonds. The summed E-state index contributed by atoms with van der Waals surface area (Å²) in [4.78, 5) is 0. The van der Waals surface area contributed by atoms with Gasteiger partial charge in [0.2, 0.25) is 0 Å². The summed E-state index contributed by atoms with van der Waals surface area (Å²) in [5, 5.41) is 8.41. The molecule has 0 saturated heterocycles. The standard InChI is InChI=1S/C11H20ClN3/c1-4-5-9(2)13-6-7-15-10(3)11(12)8-14-15/h8-9,13H,4-7H2,1-3H3. The topological polar surface area (TPSA) is 29.9 Å². The summed E-state index contributed by atoms with van der Waals surface area (Å²) in [7, 11) is 0. The molecule has 0 aliphatic heterocycles. The first-order valence-corrected chi connectivity index (χ1v) is 5.94. The minimum absolute atomic E-state index is 0.585. The van der Waals surface area contributed by atoms with E-state index in [4.69, 9.17) is 11.6 Å². The molecule has 0 fully saturated rings. The van der Waals surface area contributed by atoms with Crippen LogP contribution in [0.25, 0.3) is 0 Å². The summed E-state index contributed by atoms with van der Waals surface area (Å²) in [5.41, 5.74) is 1.04. The van der Waals surface area contributed by atoms with Crippen LogP contribution in [-0.4, -0.2) is 22.4 Å². The first-order valence-electron chi connectivity index (χ1n) is 5.56. The Hall–Kier alpha value is -0.540. The predicted molar refractivity (Wildman–Crippen MR) is 64.3 cm³/mol. The molecule has 0 saturated carbocycles. The SMILES string of the molecule is CCCC(C)NCCn1ncc(Cl)c1C. The van der Waals surface area contributed by atoms with Crippen LogP contribution in [0.2, 0.25) is 5.02 Å². The van der Waals surface area contributed by atoms with Gasteiger partial charge in [0.25, 0.3) is 0 Å². The molecular formula is C11H20ClN3. The normalized spacial score (nSPS) is 13.1. The van der Waals surface area contributed by atoms with Gasteiger partial charge in [-0.2, -0.15) is 5.10 Å². The monoisotopic (exact) mass is 229 g/mol. The third-order valence-corrected chi connectivity index (χ3v) is 2.95. The van der Waals surface area contributed by atoms with E-state index in [1.54, 1.807) is 6.20 Å². The van der Waals surface area contributed by atoms with Crippen LogP contribution in [0.4, 0.5) is 0 Å². The second kappa shape index (κ2) is 6.13. The van der Waals surface area contributed by atoms with Gasteiger partial charge in [-0.1, -0.05) is 24.9 Å². The van der Waals surface area contributed by atoms with Crippen molar-refractivity contribution >= 4 is 11.6 Å². The van der Waals surface area contributed by atoms with Gasteiger partial charge < -0.3 is 5.32 Å². The lowest BCUT2D eigenvalue weighted by Crippen LogP contribution is -2.29. The maximum absolute atomic E-state index is 5.92. The summed E-state index contributed by atoms with van der Waals surface area (Å²) in [6, 6.07) is 0.585. The zero-order valence-electron chi connectivity index (χ0n) is 9.76. The van der Waals surface area contributed by atoms with E-state index in [1.807, 2.05) is 11.6 Å². The van der Waals surface area contributed by atoms with Gasteiger partial charge in [0.15, 0.2) is 0 Å². The van der Waals surface area contributed by atoms with Crippen molar-refractivity contribution in [1.82, 2.24) is 15.1 Å². The number of rotatable bonds is 6. The highest BCUT2D eigenvalue weighted by Gasteiger charge is 2.04. The first kappa shape index (κ1) is 12.5. The van der Waals surface area contributed by atoms with Crippen molar-refractivity contribution in [3.05, 3.63) is 16.9 Å². The Labute approximate surface area is 96.8 Å². The fourth-order valence-electron chi connectivity index (χ4n) is 1.60. The molecule has 0 aliphatic rings. The number of halogens is 1. The zero-order valence-corrected chi connectivity index (χ0v) is 10.5. The zero-order chi connectivity index (χ0) is 11.3. The van der Waals surface area contributed by atoms with Crippen LogP contribution >= 0.6 is 11.6 Å². The number of nitrogens with one attached hydrogen (secondary N) is 1. The molecule has 0 spiro atoms. The third-order valence-electron chi connectivity index (χ3n) is 2.58. The van der Waals surface area contributed by atoms with E-state index >= 15 is 0 Å². The molecule has 0 bridgehead atoms. The third kappa shape index (κ3) is 3.84. The summed E-state index contributed by atoms with van der Waals surface area (Å²) in [6.07, 6.45) is 4.14. The van der Waals surface area contributed by atoms with E-state index in [0.29, 0.717) is 6.04 Å². The van der Waals surface area contributed by atoms with Crippen molar-refractivity contribution in [2.24, 2.45) is 0 Å². The first-order chi connectivity index (χ1) is 7.15. The van der Waals surface area contributed by atoms with Crippen molar-refractivity contribution in [3.63, 3.8) is 0 Å². The molecular weight excluding hydrogens is 210 g/mol. The average molecular weight is 230 g/mol. The van der Waals surface area contributed by atoms with Gasteiger partial charge in [-0.05, 0) is 20.3 Å². The minimum atomic E-state index is 0.585. The van der Waals surface area contributed by atoms with E-state index in [9.17, 15) is 0 Å². The van der Waals surface area contributed by atoms with Crippen molar-refractivity contribution in [1.29, 1.82) is 0 Å². The van der Waals surface area contributed by atoms with Crippen LogP contribution in [0, 0.1) is 6.92 Å². The lowest BCUT2D eigenvalue weighted by molar-refractivity contribution is 0.469. The summed E-state index contributed by atoms with van der Waals surface area (Å²) < 4.78 is 1.94. The molecule has 0 aromatic carbocycles. The molecule has 3 nitrogen and oxygen atoms in total. The Morgan fingerprint density at radius 3 is 2.87 bits per heavy atom. The van der Waals surface area contributed by atoms with Crippen LogP contribution < -0.4 is 5.32 Å². The van der Waals surface area contributed by atoms with Gasteiger partial charge in [0.05, 0.1) is 23.5 Å². The predicted octanol–water partition coefficient (Wildman–Crippen LogP) is 2.62. The molecule has 1 rings (SSSR count). The average Bonchev–Trinajstić information content (AvgIpc) is 2.50. The molecule has 1 aromatic heterocycles. The van der Waals surface area contributed by atoms with E-state index in [1.165, 1.54) is 12.8 Å². The second-order valence-corrected chi connectivity index (χ2v) is 4.35. The van der Waals surface area contributed by atoms with Crippen molar-refractivity contribution in [2.45, 2.75) is 46.2 Å². The molecule has 15 heavy (non-hydrogen) atoms. The van der Waals surface area contributed by atoms with E-state index in [0.717, 1.165) is 23.8 Å². The van der Waals surface area contributed by atoms with Gasteiger partial charge in [0.1, 0.15) is 0 Å². The molecule has 1 unspecified atom stereocenters. The molecule has 1 aromatic rings. The Kier molecular flexibility index (Phi) is 5.12. The number of hydrogen-bond donors (Lipinski definition) is 1. The highest BCUT2D eigenvalue weighted by molar-refractivity contribution is 6.31. The highest BCUT2D eigenvalue weighted by atomic mass is 35.5. The minimum Gasteiger partial charge on any atom is -0.312 e. The van der Waals surface area contributed by atoms with Crippen LogP contribution in [0.3, 0.4) is 0 Å². The fourth-order valence-corrected chi connectivity index (χ4v) is 1.74. The van der Waals surface area contributed by atoms with E-state index < -0.39 is 0 Å². The van der Waals surface area contributed by atoms with Crippen LogP contribution in [0.5, 0.6) is 0 Å². The maximum Gasteiger partial charge on any atom is 0.0814 e. The molecule has 1 atom stereocenters. The van der Waals surface area contributed by atoms with E-state index in [2.05, 4.69) is 24.3 Å². The summed E-state index contributed by atoms with van der Waals surface area (Å²) >= 11 is 5.92. The van der Waals surface area contributed by atoms with Gasteiger partial charge in [-0.3, -0.25) is 4.68 Å². The smallest absolute Gasteiger partial charge is 0.0814 e. The lowest BCUT2D eigenvalue weighted by atomic mass is 10.2. The van der Waals surface area contributed by atoms with Gasteiger partial charge in [-0.15, -0.1) is 0 Å². The fraction of sp³-hybridized carbons (Fsp3) is 0.727. The number of nitrogens with zero attached hydrogens (tertiary/aromatic N) is 2. The van der Waals surface area contributed by atoms with Crippen LogP contribution in [0.15, 0.2) is 6.20 Å². The Balaban J connectivity index is 2.29. The summed E-state index contributed by atoms with van der Waals surface area (Å²) in [6.45, 7) is 8.24. The quantitative estimate of drug-likeness (QED) is 0.813. The second-order valence-electron chi connectivity index (χ2n) is 3.94. The van der Waals surface area contributed by atoms with Crippen molar-refractivity contribution in [2.75, 3.05) is 6.54 Å². The van der Waals surface area contributed by atoms with Crippen LogP contribution in [0.1, 0.15) is 32.4 Å². The highest BCUT2D eigenvalue weighted by Crippen LogP contribution is 2.12. The van der Waals surface area contributed by atoms with E-state index in [-0.39, 0.29) is 0 Å². The maximum atomic E-state index is 5.92. The number of aromatic nitrogens is 2. The molecule has 0 aliphatic carbocycles. The lowest BCUT2D eigenvalue weighted by Gasteiger charge is -2.12. The Morgan fingerprint density at radius 2 is 2.33 bits per heavy atom. The molecule has 1 heterocycles.